The maximum Gasteiger partial charge on any atom is 0.244 e. The van der Waals surface area contributed by atoms with Gasteiger partial charge in [0, 0.05) is 6.07 Å². The maximum absolute atomic E-state index is 12.2. The molecule has 20 heavy (non-hydrogen) atoms. The Bertz CT molecular complexity index is 553. The number of aryl methyl sites for hydroxylation is 1. The van der Waals surface area contributed by atoms with Crippen LogP contribution in [0.25, 0.3) is 0 Å². The van der Waals surface area contributed by atoms with Crippen LogP contribution in [0.4, 0.5) is 5.82 Å². The van der Waals surface area contributed by atoms with Gasteiger partial charge in [0.15, 0.2) is 5.82 Å². The van der Waals surface area contributed by atoms with Crippen molar-refractivity contribution in [3.63, 3.8) is 0 Å². The number of hydrogen-bond acceptors (Lipinski definition) is 5. The van der Waals surface area contributed by atoms with Crippen LogP contribution in [0.3, 0.4) is 0 Å². The second-order valence-corrected chi connectivity index (χ2v) is 6.74. The molecule has 0 saturated heterocycles. The van der Waals surface area contributed by atoms with Gasteiger partial charge in [-0.15, -0.1) is 0 Å². The van der Waals surface area contributed by atoms with Crippen molar-refractivity contribution in [3.05, 3.63) is 11.8 Å². The lowest BCUT2D eigenvalue weighted by molar-refractivity contribution is -0.118. The largest absolute Gasteiger partial charge is 0.360 e. The fourth-order valence-electron chi connectivity index (χ4n) is 1.57. The molecule has 0 radical (unpaired) electrons. The predicted octanol–water partition coefficient (Wildman–Crippen LogP) is 1.28. The first-order chi connectivity index (χ1) is 9.29. The Morgan fingerprint density at radius 3 is 2.55 bits per heavy atom. The summed E-state index contributed by atoms with van der Waals surface area (Å²) in [4.78, 5) is 12.2. The quantitative estimate of drug-likeness (QED) is 0.790. The zero-order valence-electron chi connectivity index (χ0n) is 12.1. The first-order valence-corrected chi connectivity index (χ1v) is 8.18. The van der Waals surface area contributed by atoms with Crippen molar-refractivity contribution >= 4 is 21.7 Å². The van der Waals surface area contributed by atoms with E-state index in [1.807, 2.05) is 13.8 Å². The second kappa shape index (κ2) is 6.85. The summed E-state index contributed by atoms with van der Waals surface area (Å²) in [5, 5.41) is 6.21. The van der Waals surface area contributed by atoms with E-state index >= 15 is 0 Å². The number of amides is 1. The third kappa shape index (κ3) is 4.61. The smallest absolute Gasteiger partial charge is 0.244 e. The summed E-state index contributed by atoms with van der Waals surface area (Å²) < 4.78 is 30.6. The fourth-order valence-corrected chi connectivity index (χ4v) is 2.46. The number of nitrogens with zero attached hydrogens (tertiary/aromatic N) is 1. The molecule has 1 unspecified atom stereocenters. The van der Waals surface area contributed by atoms with Crippen molar-refractivity contribution in [3.8, 4) is 0 Å². The van der Waals surface area contributed by atoms with Crippen LogP contribution in [0.1, 0.15) is 33.0 Å². The Balaban J connectivity index is 2.85. The van der Waals surface area contributed by atoms with Crippen molar-refractivity contribution in [2.45, 2.75) is 40.2 Å². The molecule has 0 aliphatic rings. The molecule has 114 valence electrons. The Morgan fingerprint density at radius 1 is 1.45 bits per heavy atom. The Hall–Kier alpha value is -1.41. The molecule has 0 saturated carbocycles. The van der Waals surface area contributed by atoms with E-state index in [4.69, 9.17) is 4.52 Å². The minimum atomic E-state index is -3.46. The van der Waals surface area contributed by atoms with Gasteiger partial charge in [0.25, 0.3) is 0 Å². The van der Waals surface area contributed by atoms with E-state index in [0.29, 0.717) is 12.2 Å². The molecular formula is C12H21N3O4S. The molecule has 1 rings (SSSR count). The molecule has 7 nitrogen and oxygen atoms in total. The van der Waals surface area contributed by atoms with Crippen molar-refractivity contribution in [2.75, 3.05) is 11.1 Å². The molecule has 1 amide bonds. The van der Waals surface area contributed by atoms with Crippen molar-refractivity contribution in [2.24, 2.45) is 5.92 Å². The van der Waals surface area contributed by atoms with Gasteiger partial charge in [-0.3, -0.25) is 4.79 Å². The third-order valence-corrected chi connectivity index (χ3v) is 4.43. The van der Waals surface area contributed by atoms with E-state index in [2.05, 4.69) is 15.2 Å². The molecule has 0 fully saturated rings. The lowest BCUT2D eigenvalue weighted by atomic mass is 9.99. The summed E-state index contributed by atoms with van der Waals surface area (Å²) in [5.41, 5.74) is 0. The van der Waals surface area contributed by atoms with Crippen LogP contribution >= 0.6 is 0 Å². The monoisotopic (exact) mass is 303 g/mol. The van der Waals surface area contributed by atoms with Crippen LogP contribution in [-0.4, -0.2) is 31.3 Å². The highest BCUT2D eigenvalue weighted by Crippen LogP contribution is 2.13. The molecule has 0 aromatic carbocycles. The average Bonchev–Trinajstić information content (AvgIpc) is 2.80. The van der Waals surface area contributed by atoms with Crippen molar-refractivity contribution in [1.29, 1.82) is 0 Å². The van der Waals surface area contributed by atoms with Crippen LogP contribution < -0.4 is 10.0 Å². The molecule has 0 aliphatic carbocycles. The van der Waals surface area contributed by atoms with E-state index in [1.54, 1.807) is 13.0 Å². The molecule has 1 aromatic heterocycles. The normalized spacial score (nSPS) is 14.8. The van der Waals surface area contributed by atoms with E-state index < -0.39 is 22.0 Å². The van der Waals surface area contributed by atoms with Gasteiger partial charge in [-0.1, -0.05) is 25.4 Å². The molecule has 8 heteroatoms. The van der Waals surface area contributed by atoms with Gasteiger partial charge < -0.3 is 9.84 Å². The van der Waals surface area contributed by atoms with Crippen LogP contribution in [0.2, 0.25) is 0 Å². The first-order valence-electron chi connectivity index (χ1n) is 6.53. The third-order valence-electron chi connectivity index (χ3n) is 3.06. The van der Waals surface area contributed by atoms with Crippen LogP contribution in [0, 0.1) is 12.8 Å². The van der Waals surface area contributed by atoms with Gasteiger partial charge in [0.1, 0.15) is 11.8 Å². The van der Waals surface area contributed by atoms with Gasteiger partial charge in [-0.05, 0) is 19.8 Å². The van der Waals surface area contributed by atoms with Gasteiger partial charge in [0.2, 0.25) is 15.9 Å². The summed E-state index contributed by atoms with van der Waals surface area (Å²) in [6.07, 6.45) is 0.669. The minimum absolute atomic E-state index is 0.0731. The highest BCUT2D eigenvalue weighted by atomic mass is 32.2. The number of aromatic nitrogens is 1. The van der Waals surface area contributed by atoms with Crippen LogP contribution in [0.15, 0.2) is 10.6 Å². The molecule has 0 bridgehead atoms. The molecule has 1 heterocycles. The number of carbonyl (C=O) groups excluding carboxylic acids is 1. The Kier molecular flexibility index (Phi) is 5.70. The van der Waals surface area contributed by atoms with Gasteiger partial charge in [-0.25, -0.2) is 13.1 Å². The lowest BCUT2D eigenvalue weighted by Gasteiger charge is -2.22. The van der Waals surface area contributed by atoms with E-state index in [9.17, 15) is 13.2 Å². The fraction of sp³-hybridized carbons (Fsp3) is 0.667. The van der Waals surface area contributed by atoms with Crippen LogP contribution in [-0.2, 0) is 14.8 Å². The highest BCUT2D eigenvalue weighted by Gasteiger charge is 2.28. The van der Waals surface area contributed by atoms with Gasteiger partial charge in [0.05, 0.1) is 5.75 Å². The number of hydrogen-bond donors (Lipinski definition) is 2. The average molecular weight is 303 g/mol. The molecular weight excluding hydrogens is 282 g/mol. The zero-order valence-corrected chi connectivity index (χ0v) is 13.0. The van der Waals surface area contributed by atoms with Crippen LogP contribution in [0.5, 0.6) is 0 Å². The number of anilines is 1. The Labute approximate surface area is 119 Å². The molecule has 1 aromatic rings. The van der Waals surface area contributed by atoms with E-state index in [0.717, 1.165) is 0 Å². The summed E-state index contributed by atoms with van der Waals surface area (Å²) in [6, 6.07) is 0.738. The number of sulfonamides is 1. The molecule has 2 atom stereocenters. The topological polar surface area (TPSA) is 101 Å². The molecule has 0 aliphatic heterocycles. The second-order valence-electron chi connectivity index (χ2n) is 4.70. The molecule has 0 spiro atoms. The van der Waals surface area contributed by atoms with Gasteiger partial charge in [-0.2, -0.15) is 0 Å². The summed E-state index contributed by atoms with van der Waals surface area (Å²) >= 11 is 0. The van der Waals surface area contributed by atoms with E-state index in [-0.39, 0.29) is 17.5 Å². The number of rotatable bonds is 7. The molecule has 2 N–H and O–H groups in total. The van der Waals surface area contributed by atoms with Gasteiger partial charge >= 0.3 is 0 Å². The van der Waals surface area contributed by atoms with Crippen molar-refractivity contribution in [1.82, 2.24) is 9.88 Å². The summed E-state index contributed by atoms with van der Waals surface area (Å²) in [6.45, 7) is 6.94. The first kappa shape index (κ1) is 16.6. The highest BCUT2D eigenvalue weighted by molar-refractivity contribution is 7.89. The SMILES string of the molecule is CCC(C)[C@H](NS(=O)(=O)CC)C(=O)Nc1cc(C)on1. The summed E-state index contributed by atoms with van der Waals surface area (Å²) in [7, 11) is -3.46. The zero-order chi connectivity index (χ0) is 15.3. The van der Waals surface area contributed by atoms with Crippen molar-refractivity contribution < 1.29 is 17.7 Å². The number of nitrogens with one attached hydrogen (secondary N) is 2. The summed E-state index contributed by atoms with van der Waals surface area (Å²) in [5.74, 6) is 0.191. The number of carbonyl (C=O) groups is 1. The maximum atomic E-state index is 12.2. The Morgan fingerprint density at radius 2 is 2.10 bits per heavy atom. The predicted molar refractivity (Wildman–Crippen MR) is 75.7 cm³/mol. The van der Waals surface area contributed by atoms with E-state index in [1.165, 1.54) is 6.92 Å². The lowest BCUT2D eigenvalue weighted by Crippen LogP contribution is -2.48. The minimum Gasteiger partial charge on any atom is -0.360 e. The standard InChI is InChI=1S/C12H21N3O4S/c1-5-8(3)11(15-20(17,18)6-2)12(16)13-10-7-9(4)19-14-10/h7-8,11,15H,5-6H2,1-4H3,(H,13,14,16)/t8?,11-/m0/s1.